The van der Waals surface area contributed by atoms with Crippen molar-refractivity contribution < 1.29 is 4.39 Å². The number of pyridine rings is 2. The van der Waals surface area contributed by atoms with Crippen molar-refractivity contribution >= 4 is 27.6 Å². The second-order valence-corrected chi connectivity index (χ2v) is 9.11. The van der Waals surface area contributed by atoms with Crippen molar-refractivity contribution in [1.82, 2.24) is 14.4 Å². The van der Waals surface area contributed by atoms with Gasteiger partial charge in [-0.1, -0.05) is 61.0 Å². The molecule has 4 rings (SSSR count). The van der Waals surface area contributed by atoms with Gasteiger partial charge in [-0.05, 0) is 47.9 Å². The van der Waals surface area contributed by atoms with Crippen LogP contribution in [0.5, 0.6) is 0 Å². The first-order valence-electron chi connectivity index (χ1n) is 11.2. The van der Waals surface area contributed by atoms with E-state index in [1.54, 1.807) is 12.1 Å². The Hall–Kier alpha value is -2.49. The summed E-state index contributed by atoms with van der Waals surface area (Å²) in [5.74, 6) is 0.0363. The zero-order chi connectivity index (χ0) is 22.1. The standard InChI is InChI=1S/C24H28FN3.C2H6/c1-6-9-15(2)17-12-16(25)13-18-21(17)22-23(19(26-18)14-24(3,4)5)28-11-8-7-10-20(28)27-22;1-2/h7-8,10-13,15H,6,9,14H2,1-5H3;1-2H3. The lowest BCUT2D eigenvalue weighted by Crippen LogP contribution is -2.12. The number of halogens is 1. The molecule has 0 aliphatic rings. The Morgan fingerprint density at radius 2 is 1.83 bits per heavy atom. The lowest BCUT2D eigenvalue weighted by Gasteiger charge is -2.20. The minimum Gasteiger partial charge on any atom is -0.298 e. The van der Waals surface area contributed by atoms with Gasteiger partial charge < -0.3 is 0 Å². The average Bonchev–Trinajstić information content (AvgIpc) is 3.07. The number of benzene rings is 1. The monoisotopic (exact) mass is 407 g/mol. The van der Waals surface area contributed by atoms with Gasteiger partial charge in [-0.2, -0.15) is 0 Å². The van der Waals surface area contributed by atoms with E-state index in [-0.39, 0.29) is 17.2 Å². The number of hydrogen-bond acceptors (Lipinski definition) is 2. The molecule has 4 aromatic rings. The Labute approximate surface area is 179 Å². The normalized spacial score (nSPS) is 12.9. The minimum atomic E-state index is -0.220. The summed E-state index contributed by atoms with van der Waals surface area (Å²) in [6, 6.07) is 9.28. The molecule has 1 atom stereocenters. The molecular weight excluding hydrogens is 373 g/mol. The molecule has 4 heteroatoms. The van der Waals surface area contributed by atoms with E-state index in [1.165, 1.54) is 0 Å². The first kappa shape index (κ1) is 22.2. The highest BCUT2D eigenvalue weighted by molar-refractivity contribution is 6.06. The molecule has 0 saturated carbocycles. The molecule has 0 aliphatic carbocycles. The molecule has 0 fully saturated rings. The van der Waals surface area contributed by atoms with Gasteiger partial charge in [-0.15, -0.1) is 0 Å². The van der Waals surface area contributed by atoms with Crippen LogP contribution in [0.1, 0.15) is 78.5 Å². The van der Waals surface area contributed by atoms with Gasteiger partial charge in [-0.25, -0.2) is 9.37 Å². The number of rotatable bonds is 4. The van der Waals surface area contributed by atoms with Crippen LogP contribution in [0.25, 0.3) is 27.6 Å². The number of aromatic nitrogens is 3. The molecule has 0 radical (unpaired) electrons. The Balaban J connectivity index is 0.00000124. The predicted molar refractivity (Wildman–Crippen MR) is 126 cm³/mol. The van der Waals surface area contributed by atoms with Gasteiger partial charge >= 0.3 is 0 Å². The molecule has 0 aliphatic heterocycles. The van der Waals surface area contributed by atoms with Gasteiger partial charge in [-0.3, -0.25) is 9.38 Å². The fourth-order valence-electron chi connectivity index (χ4n) is 4.21. The molecule has 3 nitrogen and oxygen atoms in total. The van der Waals surface area contributed by atoms with Crippen LogP contribution >= 0.6 is 0 Å². The molecule has 160 valence electrons. The third-order valence-electron chi connectivity index (χ3n) is 5.36. The van der Waals surface area contributed by atoms with Crippen LogP contribution in [0.4, 0.5) is 4.39 Å². The summed E-state index contributed by atoms with van der Waals surface area (Å²) in [6.45, 7) is 14.9. The van der Waals surface area contributed by atoms with E-state index < -0.39 is 0 Å². The lowest BCUT2D eigenvalue weighted by atomic mass is 9.88. The van der Waals surface area contributed by atoms with Crippen LogP contribution in [0, 0.1) is 11.2 Å². The topological polar surface area (TPSA) is 30.2 Å². The van der Waals surface area contributed by atoms with Crippen molar-refractivity contribution in [2.24, 2.45) is 5.41 Å². The van der Waals surface area contributed by atoms with E-state index in [4.69, 9.17) is 9.97 Å². The van der Waals surface area contributed by atoms with Crippen LogP contribution in [0.3, 0.4) is 0 Å². The molecule has 0 spiro atoms. The van der Waals surface area contributed by atoms with Crippen molar-refractivity contribution in [3.05, 3.63) is 53.6 Å². The summed E-state index contributed by atoms with van der Waals surface area (Å²) in [5, 5.41) is 0.999. The number of hydrogen-bond donors (Lipinski definition) is 0. The average molecular weight is 408 g/mol. The highest BCUT2D eigenvalue weighted by Crippen LogP contribution is 2.36. The summed E-state index contributed by atoms with van der Waals surface area (Å²) in [7, 11) is 0. The first-order chi connectivity index (χ1) is 14.3. The van der Waals surface area contributed by atoms with E-state index in [0.717, 1.165) is 52.6 Å². The predicted octanol–water partition coefficient (Wildman–Crippen LogP) is 7.69. The third-order valence-corrected chi connectivity index (χ3v) is 5.36. The number of fused-ring (bicyclic) bond motifs is 5. The van der Waals surface area contributed by atoms with Gasteiger partial charge in [0.15, 0.2) is 0 Å². The maximum atomic E-state index is 14.5. The maximum absolute atomic E-state index is 14.5. The zero-order valence-electron chi connectivity index (χ0n) is 19.4. The lowest BCUT2D eigenvalue weighted by molar-refractivity contribution is 0.408. The molecule has 0 saturated heterocycles. The van der Waals surface area contributed by atoms with Crippen LogP contribution in [-0.2, 0) is 6.42 Å². The fourth-order valence-corrected chi connectivity index (χ4v) is 4.21. The molecular formula is C26H34FN3. The minimum absolute atomic E-state index is 0.0677. The molecule has 1 unspecified atom stereocenters. The Bertz CT molecular complexity index is 1170. The van der Waals surface area contributed by atoms with E-state index in [2.05, 4.69) is 39.0 Å². The number of imidazole rings is 1. The fraction of sp³-hybridized carbons (Fsp3) is 0.462. The summed E-state index contributed by atoms with van der Waals surface area (Å²) in [6.07, 6.45) is 4.92. The van der Waals surface area contributed by atoms with Gasteiger partial charge in [0.2, 0.25) is 0 Å². The van der Waals surface area contributed by atoms with E-state index in [0.29, 0.717) is 5.52 Å². The van der Waals surface area contributed by atoms with E-state index in [9.17, 15) is 4.39 Å². The number of nitrogens with zero attached hydrogens (tertiary/aromatic N) is 3. The van der Waals surface area contributed by atoms with Crippen LogP contribution < -0.4 is 0 Å². The second kappa shape index (κ2) is 8.71. The van der Waals surface area contributed by atoms with Crippen molar-refractivity contribution in [3.8, 4) is 0 Å². The van der Waals surface area contributed by atoms with Crippen molar-refractivity contribution in [2.75, 3.05) is 0 Å². The van der Waals surface area contributed by atoms with E-state index in [1.807, 2.05) is 38.2 Å². The molecule has 1 aromatic carbocycles. The zero-order valence-corrected chi connectivity index (χ0v) is 19.4. The first-order valence-corrected chi connectivity index (χ1v) is 11.2. The van der Waals surface area contributed by atoms with Gasteiger partial charge in [0.25, 0.3) is 0 Å². The Morgan fingerprint density at radius 3 is 2.50 bits per heavy atom. The van der Waals surface area contributed by atoms with E-state index >= 15 is 0 Å². The molecule has 3 aromatic heterocycles. The van der Waals surface area contributed by atoms with Gasteiger partial charge in [0.1, 0.15) is 17.0 Å². The smallest absolute Gasteiger partial charge is 0.137 e. The van der Waals surface area contributed by atoms with Crippen LogP contribution in [0.15, 0.2) is 36.5 Å². The molecule has 0 N–H and O–H groups in total. The second-order valence-electron chi connectivity index (χ2n) is 9.11. The highest BCUT2D eigenvalue weighted by atomic mass is 19.1. The largest absolute Gasteiger partial charge is 0.298 e. The maximum Gasteiger partial charge on any atom is 0.137 e. The molecule has 30 heavy (non-hydrogen) atoms. The third kappa shape index (κ3) is 4.19. The summed E-state index contributed by atoms with van der Waals surface area (Å²) < 4.78 is 16.6. The summed E-state index contributed by atoms with van der Waals surface area (Å²) in [5.41, 5.74) is 5.67. The van der Waals surface area contributed by atoms with Gasteiger partial charge in [0, 0.05) is 17.6 Å². The quantitative estimate of drug-likeness (QED) is 0.347. The van der Waals surface area contributed by atoms with Crippen LogP contribution in [0.2, 0.25) is 0 Å². The Morgan fingerprint density at radius 1 is 1.10 bits per heavy atom. The molecule has 0 bridgehead atoms. The Kier molecular flexibility index (Phi) is 6.44. The summed E-state index contributed by atoms with van der Waals surface area (Å²) >= 11 is 0. The highest BCUT2D eigenvalue weighted by Gasteiger charge is 2.23. The summed E-state index contributed by atoms with van der Waals surface area (Å²) in [4.78, 5) is 9.94. The molecule has 3 heterocycles. The van der Waals surface area contributed by atoms with Crippen molar-refractivity contribution in [2.45, 2.75) is 73.6 Å². The van der Waals surface area contributed by atoms with Gasteiger partial charge in [0.05, 0.1) is 16.7 Å². The van der Waals surface area contributed by atoms with Crippen molar-refractivity contribution in [1.29, 1.82) is 0 Å². The molecule has 0 amide bonds. The SMILES string of the molecule is CC.CCCC(C)c1cc(F)cc2nc(CC(C)(C)C)c3c(nc4ccccn43)c12. The van der Waals surface area contributed by atoms with Crippen LogP contribution in [-0.4, -0.2) is 14.4 Å². The van der Waals surface area contributed by atoms with Crippen molar-refractivity contribution in [3.63, 3.8) is 0 Å².